The lowest BCUT2D eigenvalue weighted by Crippen LogP contribution is -2.46. The molecule has 5 nitrogen and oxygen atoms in total. The van der Waals surface area contributed by atoms with Gasteiger partial charge in [0.2, 0.25) is 0 Å². The minimum Gasteiger partial charge on any atom is -0.405 e. The van der Waals surface area contributed by atoms with Crippen LogP contribution in [0.15, 0.2) is 29.2 Å². The number of aryl methyl sites for hydroxylation is 1. The van der Waals surface area contributed by atoms with Gasteiger partial charge in [-0.1, -0.05) is 38.5 Å². The summed E-state index contributed by atoms with van der Waals surface area (Å²) in [4.78, 5) is 12.8. The fourth-order valence-electron chi connectivity index (χ4n) is 2.35. The molecule has 1 heterocycles. The number of hydrogen-bond acceptors (Lipinski definition) is 4. The summed E-state index contributed by atoms with van der Waals surface area (Å²) in [5, 5.41) is -0.0312. The van der Waals surface area contributed by atoms with Crippen LogP contribution in [0.4, 0.5) is 0 Å². The van der Waals surface area contributed by atoms with E-state index in [1.807, 2.05) is 6.92 Å². The van der Waals surface area contributed by atoms with Crippen molar-refractivity contribution < 1.29 is 17.6 Å². The van der Waals surface area contributed by atoms with Gasteiger partial charge in [-0.2, -0.15) is 0 Å². The molecular weight excluding hydrogens is 342 g/mol. The van der Waals surface area contributed by atoms with Gasteiger partial charge in [-0.05, 0) is 37.2 Å². The van der Waals surface area contributed by atoms with Crippen molar-refractivity contribution in [2.24, 2.45) is 0 Å². The van der Waals surface area contributed by atoms with E-state index >= 15 is 0 Å². The number of benzene rings is 1. The Balaban J connectivity index is 2.21. The van der Waals surface area contributed by atoms with E-state index in [1.54, 1.807) is 24.3 Å². The number of sulfonamides is 1. The Morgan fingerprint density at radius 2 is 1.71 bits per heavy atom. The molecule has 0 aromatic heterocycles. The number of rotatable bonds is 4. The molecule has 1 aromatic carbocycles. The lowest BCUT2D eigenvalue weighted by Gasteiger charge is -2.37. The predicted octanol–water partition coefficient (Wildman–Crippen LogP) is 3.31. The van der Waals surface area contributed by atoms with E-state index in [9.17, 15) is 13.2 Å². The van der Waals surface area contributed by atoms with Crippen molar-refractivity contribution in [3.05, 3.63) is 29.8 Å². The SMILES string of the molecule is Cc1ccc(S(=O)(=O)N2CCC(O[Si](C)(C)C(C)(C)C)C2=O)cc1. The third kappa shape index (κ3) is 3.58. The van der Waals surface area contributed by atoms with Gasteiger partial charge in [-0.15, -0.1) is 0 Å². The highest BCUT2D eigenvalue weighted by molar-refractivity contribution is 7.89. The van der Waals surface area contributed by atoms with E-state index in [0.717, 1.165) is 9.87 Å². The molecule has 134 valence electrons. The molecule has 0 radical (unpaired) electrons. The van der Waals surface area contributed by atoms with Crippen molar-refractivity contribution in [1.82, 2.24) is 4.31 Å². The highest BCUT2D eigenvalue weighted by Gasteiger charge is 2.46. The summed E-state index contributed by atoms with van der Waals surface area (Å²) in [5.41, 5.74) is 0.973. The van der Waals surface area contributed by atoms with Crippen LogP contribution in [-0.2, 0) is 19.2 Å². The van der Waals surface area contributed by atoms with Crippen LogP contribution in [0, 0.1) is 6.92 Å². The fourth-order valence-corrected chi connectivity index (χ4v) is 5.06. The van der Waals surface area contributed by atoms with Gasteiger partial charge in [0.1, 0.15) is 6.10 Å². The third-order valence-electron chi connectivity index (χ3n) is 4.97. The van der Waals surface area contributed by atoms with E-state index < -0.39 is 30.4 Å². The molecule has 1 saturated heterocycles. The molecule has 1 aliphatic rings. The second-order valence-electron chi connectivity index (χ2n) is 7.88. The van der Waals surface area contributed by atoms with Gasteiger partial charge in [0.15, 0.2) is 8.32 Å². The van der Waals surface area contributed by atoms with Crippen LogP contribution in [0.25, 0.3) is 0 Å². The quantitative estimate of drug-likeness (QED) is 0.764. The van der Waals surface area contributed by atoms with E-state index in [4.69, 9.17) is 4.43 Å². The summed E-state index contributed by atoms with van der Waals surface area (Å²) in [7, 11) is -5.94. The van der Waals surface area contributed by atoms with Crippen molar-refractivity contribution in [1.29, 1.82) is 0 Å². The first-order valence-electron chi connectivity index (χ1n) is 8.17. The minimum absolute atomic E-state index is 0.0312. The molecule has 1 unspecified atom stereocenters. The van der Waals surface area contributed by atoms with Crippen molar-refractivity contribution in [2.75, 3.05) is 6.54 Å². The van der Waals surface area contributed by atoms with Crippen molar-refractivity contribution in [3.8, 4) is 0 Å². The number of carbonyl (C=O) groups excluding carboxylic acids is 1. The Morgan fingerprint density at radius 3 is 2.21 bits per heavy atom. The molecule has 2 rings (SSSR count). The van der Waals surface area contributed by atoms with Crippen LogP contribution in [0.2, 0.25) is 18.1 Å². The van der Waals surface area contributed by atoms with Crippen LogP contribution >= 0.6 is 0 Å². The Labute approximate surface area is 146 Å². The largest absolute Gasteiger partial charge is 0.405 e. The van der Waals surface area contributed by atoms with E-state index in [2.05, 4.69) is 33.9 Å². The van der Waals surface area contributed by atoms with Crippen LogP contribution in [0.5, 0.6) is 0 Å². The van der Waals surface area contributed by atoms with Crippen molar-refractivity contribution in [2.45, 2.75) is 63.2 Å². The molecule has 0 spiro atoms. The molecule has 7 heteroatoms. The van der Waals surface area contributed by atoms with Crippen LogP contribution in [-0.4, -0.2) is 39.6 Å². The van der Waals surface area contributed by atoms with E-state index in [-0.39, 0.29) is 16.5 Å². The maximum absolute atomic E-state index is 12.7. The van der Waals surface area contributed by atoms with Gasteiger partial charge in [-0.25, -0.2) is 12.7 Å². The van der Waals surface area contributed by atoms with Gasteiger partial charge >= 0.3 is 0 Å². The van der Waals surface area contributed by atoms with Crippen LogP contribution in [0.1, 0.15) is 32.8 Å². The van der Waals surface area contributed by atoms with Crippen LogP contribution in [0.3, 0.4) is 0 Å². The summed E-state index contributed by atoms with van der Waals surface area (Å²) in [6, 6.07) is 6.55. The molecule has 1 fully saturated rings. The van der Waals surface area contributed by atoms with Gasteiger partial charge < -0.3 is 4.43 Å². The summed E-state index contributed by atoms with van der Waals surface area (Å²) >= 11 is 0. The second-order valence-corrected chi connectivity index (χ2v) is 14.5. The maximum Gasteiger partial charge on any atom is 0.266 e. The molecular formula is C17H27NO4SSi. The Hall–Kier alpha value is -1.18. The molecule has 1 amide bonds. The molecule has 1 aliphatic heterocycles. The first-order valence-corrected chi connectivity index (χ1v) is 12.5. The second kappa shape index (κ2) is 6.27. The maximum atomic E-state index is 12.7. The van der Waals surface area contributed by atoms with E-state index in [1.165, 1.54) is 0 Å². The molecule has 0 bridgehead atoms. The lowest BCUT2D eigenvalue weighted by atomic mass is 10.2. The molecule has 0 N–H and O–H groups in total. The summed E-state index contributed by atoms with van der Waals surface area (Å²) in [5.74, 6) is -0.444. The number of amides is 1. The first-order chi connectivity index (χ1) is 10.9. The average molecular weight is 370 g/mol. The summed E-state index contributed by atoms with van der Waals surface area (Å²) in [6.07, 6.45) is -0.248. The molecule has 0 aliphatic carbocycles. The highest BCUT2D eigenvalue weighted by Crippen LogP contribution is 2.38. The smallest absolute Gasteiger partial charge is 0.266 e. The molecule has 0 saturated carbocycles. The molecule has 24 heavy (non-hydrogen) atoms. The van der Waals surface area contributed by atoms with Gasteiger partial charge in [0.25, 0.3) is 15.9 Å². The highest BCUT2D eigenvalue weighted by atomic mass is 32.2. The van der Waals surface area contributed by atoms with Crippen molar-refractivity contribution >= 4 is 24.2 Å². The van der Waals surface area contributed by atoms with Gasteiger partial charge in [0, 0.05) is 13.0 Å². The van der Waals surface area contributed by atoms with Gasteiger partial charge in [-0.3, -0.25) is 4.79 Å². The van der Waals surface area contributed by atoms with Gasteiger partial charge in [0.05, 0.1) is 4.90 Å². The number of carbonyl (C=O) groups is 1. The standard InChI is InChI=1S/C17H27NO4SSi/c1-13-7-9-14(10-8-13)23(20,21)18-12-11-15(16(18)19)22-24(5,6)17(2,3)4/h7-10,15H,11-12H2,1-6H3. The Kier molecular flexibility index (Phi) is 5.01. The lowest BCUT2D eigenvalue weighted by molar-refractivity contribution is -0.129. The summed E-state index contributed by atoms with van der Waals surface area (Å²) in [6.45, 7) is 12.5. The molecule has 1 atom stereocenters. The number of nitrogens with zero attached hydrogens (tertiary/aromatic N) is 1. The number of hydrogen-bond donors (Lipinski definition) is 0. The predicted molar refractivity (Wildman–Crippen MR) is 96.8 cm³/mol. The Bertz CT molecular complexity index is 720. The summed E-state index contributed by atoms with van der Waals surface area (Å²) < 4.78 is 32.6. The normalized spacial score (nSPS) is 19.8. The third-order valence-corrected chi connectivity index (χ3v) is 11.3. The molecule has 1 aromatic rings. The zero-order valence-electron chi connectivity index (χ0n) is 15.3. The monoisotopic (exact) mass is 369 g/mol. The zero-order valence-corrected chi connectivity index (χ0v) is 17.1. The zero-order chi connectivity index (χ0) is 18.3. The Morgan fingerprint density at radius 1 is 1.17 bits per heavy atom. The minimum atomic E-state index is -3.81. The van der Waals surface area contributed by atoms with Crippen LogP contribution < -0.4 is 0 Å². The van der Waals surface area contributed by atoms with Crippen molar-refractivity contribution in [3.63, 3.8) is 0 Å². The van der Waals surface area contributed by atoms with E-state index in [0.29, 0.717) is 6.42 Å². The first kappa shape index (κ1) is 19.1. The average Bonchev–Trinajstić information content (AvgIpc) is 2.79. The fraction of sp³-hybridized carbons (Fsp3) is 0.588. The topological polar surface area (TPSA) is 63.7 Å².